The van der Waals surface area contributed by atoms with Gasteiger partial charge >= 0.3 is 0 Å². The Morgan fingerprint density at radius 1 is 1.54 bits per heavy atom. The van der Waals surface area contributed by atoms with E-state index in [1.54, 1.807) is 6.07 Å². The number of hydrogen-bond donors (Lipinski definition) is 0. The highest BCUT2D eigenvalue weighted by atomic mass is 127. The summed E-state index contributed by atoms with van der Waals surface area (Å²) in [6, 6.07) is 3.16. The summed E-state index contributed by atoms with van der Waals surface area (Å²) >= 11 is 7.73. The molecule has 0 aliphatic rings. The molecule has 0 amide bonds. The minimum Gasteiger partial charge on any atom is -0.298 e. The van der Waals surface area contributed by atoms with Crippen LogP contribution in [0.5, 0.6) is 0 Å². The van der Waals surface area contributed by atoms with Gasteiger partial charge in [0.25, 0.3) is 0 Å². The van der Waals surface area contributed by atoms with E-state index in [2.05, 4.69) is 0 Å². The van der Waals surface area contributed by atoms with Crippen LogP contribution in [-0.4, -0.2) is 12.1 Å². The van der Waals surface area contributed by atoms with E-state index in [0.29, 0.717) is 26.0 Å². The number of rotatable bonds is 2. The summed E-state index contributed by atoms with van der Waals surface area (Å²) in [5, 5.41) is 0.472. The zero-order chi connectivity index (χ0) is 10.0. The van der Waals surface area contributed by atoms with Crippen LogP contribution in [-0.2, 0) is 0 Å². The molecule has 68 valence electrons. The standard InChI is InChI=1S/C9H6ClIO2/c1-5(13)7-2-6(10)3-9(11)8(7)4-12/h2-4H,1H3. The third kappa shape index (κ3) is 2.28. The van der Waals surface area contributed by atoms with Crippen molar-refractivity contribution in [2.24, 2.45) is 0 Å². The first-order valence-corrected chi connectivity index (χ1v) is 4.97. The van der Waals surface area contributed by atoms with Crippen molar-refractivity contribution in [3.63, 3.8) is 0 Å². The van der Waals surface area contributed by atoms with Gasteiger partial charge in [-0.05, 0) is 41.6 Å². The summed E-state index contributed by atoms with van der Waals surface area (Å²) in [5.74, 6) is -0.150. The highest BCUT2D eigenvalue weighted by Gasteiger charge is 2.11. The summed E-state index contributed by atoms with van der Waals surface area (Å²) in [7, 11) is 0. The first kappa shape index (κ1) is 10.7. The van der Waals surface area contributed by atoms with E-state index in [-0.39, 0.29) is 5.78 Å². The van der Waals surface area contributed by atoms with Crippen LogP contribution in [0.1, 0.15) is 27.6 Å². The number of carbonyl (C=O) groups excluding carboxylic acids is 2. The van der Waals surface area contributed by atoms with Crippen molar-refractivity contribution in [2.45, 2.75) is 6.92 Å². The van der Waals surface area contributed by atoms with Crippen LogP contribution in [0, 0.1) is 3.57 Å². The van der Waals surface area contributed by atoms with Crippen molar-refractivity contribution in [1.82, 2.24) is 0 Å². The largest absolute Gasteiger partial charge is 0.298 e. The predicted molar refractivity (Wildman–Crippen MR) is 59.6 cm³/mol. The van der Waals surface area contributed by atoms with Gasteiger partial charge in [0.15, 0.2) is 12.1 Å². The van der Waals surface area contributed by atoms with Crippen molar-refractivity contribution in [3.05, 3.63) is 31.9 Å². The number of carbonyl (C=O) groups is 2. The maximum absolute atomic E-state index is 11.1. The number of aldehydes is 1. The van der Waals surface area contributed by atoms with Gasteiger partial charge in [-0.3, -0.25) is 9.59 Å². The first-order chi connectivity index (χ1) is 6.06. The molecule has 2 nitrogen and oxygen atoms in total. The fraction of sp³-hybridized carbons (Fsp3) is 0.111. The molecule has 0 unspecified atom stereocenters. The van der Waals surface area contributed by atoms with Crippen LogP contribution in [0.2, 0.25) is 5.02 Å². The molecule has 0 atom stereocenters. The van der Waals surface area contributed by atoms with E-state index < -0.39 is 0 Å². The lowest BCUT2D eigenvalue weighted by molar-refractivity contribution is 0.100. The average Bonchev–Trinajstić information content (AvgIpc) is 2.02. The van der Waals surface area contributed by atoms with Crippen LogP contribution in [0.15, 0.2) is 12.1 Å². The summed E-state index contributed by atoms with van der Waals surface area (Å²) in [6.45, 7) is 1.41. The molecule has 1 rings (SSSR count). The fourth-order valence-electron chi connectivity index (χ4n) is 0.996. The van der Waals surface area contributed by atoms with Gasteiger partial charge in [0.05, 0.1) is 0 Å². The highest BCUT2D eigenvalue weighted by Crippen LogP contribution is 2.21. The van der Waals surface area contributed by atoms with Gasteiger partial charge in [-0.25, -0.2) is 0 Å². The molecule has 4 heteroatoms. The number of benzene rings is 1. The van der Waals surface area contributed by atoms with E-state index in [1.807, 2.05) is 22.6 Å². The Kier molecular flexibility index (Phi) is 3.44. The van der Waals surface area contributed by atoms with Crippen LogP contribution in [0.25, 0.3) is 0 Å². The van der Waals surface area contributed by atoms with Gasteiger partial charge in [0.1, 0.15) is 0 Å². The first-order valence-electron chi connectivity index (χ1n) is 3.51. The number of Topliss-reactive ketones (excluding diaryl/α,β-unsaturated/α-hetero) is 1. The van der Waals surface area contributed by atoms with Crippen LogP contribution in [0.3, 0.4) is 0 Å². The van der Waals surface area contributed by atoms with Crippen molar-refractivity contribution in [1.29, 1.82) is 0 Å². The molecule has 0 heterocycles. The third-order valence-electron chi connectivity index (χ3n) is 1.59. The summed E-state index contributed by atoms with van der Waals surface area (Å²) in [5.41, 5.74) is 0.796. The molecule has 0 aliphatic carbocycles. The minimum absolute atomic E-state index is 0.150. The van der Waals surface area contributed by atoms with Crippen LogP contribution in [0.4, 0.5) is 0 Å². The maximum Gasteiger partial charge on any atom is 0.160 e. The van der Waals surface area contributed by atoms with Gasteiger partial charge in [-0.2, -0.15) is 0 Å². The molecule has 0 saturated carbocycles. The zero-order valence-corrected chi connectivity index (χ0v) is 9.72. The molecule has 0 bridgehead atoms. The SMILES string of the molecule is CC(=O)c1cc(Cl)cc(I)c1C=O. The normalized spacial score (nSPS) is 9.77. The molecule has 0 fully saturated rings. The Hall–Kier alpha value is -0.420. The summed E-state index contributed by atoms with van der Waals surface area (Å²) in [6.07, 6.45) is 0.675. The molecule has 0 spiro atoms. The Morgan fingerprint density at radius 2 is 2.15 bits per heavy atom. The second kappa shape index (κ2) is 4.19. The third-order valence-corrected chi connectivity index (χ3v) is 2.70. The van der Waals surface area contributed by atoms with Gasteiger partial charge in [-0.15, -0.1) is 0 Å². The number of halogens is 2. The molecule has 1 aromatic rings. The minimum atomic E-state index is -0.150. The van der Waals surface area contributed by atoms with Crippen LogP contribution >= 0.6 is 34.2 Å². The fourth-order valence-corrected chi connectivity index (χ4v) is 2.15. The number of ketones is 1. The summed E-state index contributed by atoms with van der Waals surface area (Å²) in [4.78, 5) is 21.8. The molecular weight excluding hydrogens is 302 g/mol. The van der Waals surface area contributed by atoms with Crippen LogP contribution < -0.4 is 0 Å². The Labute approximate surface area is 94.4 Å². The quantitative estimate of drug-likeness (QED) is 0.478. The molecular formula is C9H6ClIO2. The second-order valence-electron chi connectivity index (χ2n) is 2.52. The van der Waals surface area contributed by atoms with Crippen molar-refractivity contribution < 1.29 is 9.59 Å². The predicted octanol–water partition coefficient (Wildman–Crippen LogP) is 2.96. The highest BCUT2D eigenvalue weighted by molar-refractivity contribution is 14.1. The Balaban J connectivity index is 3.46. The van der Waals surface area contributed by atoms with E-state index in [9.17, 15) is 9.59 Å². The molecule has 13 heavy (non-hydrogen) atoms. The van der Waals surface area contributed by atoms with Gasteiger partial charge in [0.2, 0.25) is 0 Å². The zero-order valence-electron chi connectivity index (χ0n) is 6.80. The molecule has 0 N–H and O–H groups in total. The van der Waals surface area contributed by atoms with E-state index in [1.165, 1.54) is 13.0 Å². The smallest absolute Gasteiger partial charge is 0.160 e. The van der Waals surface area contributed by atoms with E-state index >= 15 is 0 Å². The molecule has 0 aliphatic heterocycles. The maximum atomic E-state index is 11.1. The van der Waals surface area contributed by atoms with Gasteiger partial charge < -0.3 is 0 Å². The Morgan fingerprint density at radius 3 is 2.62 bits per heavy atom. The Bertz CT molecular complexity index is 374. The topological polar surface area (TPSA) is 34.1 Å². The van der Waals surface area contributed by atoms with Crippen molar-refractivity contribution >= 4 is 46.3 Å². The number of hydrogen-bond acceptors (Lipinski definition) is 2. The lowest BCUT2D eigenvalue weighted by Crippen LogP contribution is -2.01. The molecule has 0 radical (unpaired) electrons. The van der Waals surface area contributed by atoms with E-state index in [4.69, 9.17) is 11.6 Å². The van der Waals surface area contributed by atoms with Crippen molar-refractivity contribution in [3.8, 4) is 0 Å². The second-order valence-corrected chi connectivity index (χ2v) is 4.12. The molecule has 0 saturated heterocycles. The van der Waals surface area contributed by atoms with Gasteiger partial charge in [-0.1, -0.05) is 11.6 Å². The van der Waals surface area contributed by atoms with E-state index in [0.717, 1.165) is 0 Å². The molecule has 1 aromatic carbocycles. The molecule has 0 aromatic heterocycles. The lowest BCUT2D eigenvalue weighted by Gasteiger charge is -2.03. The monoisotopic (exact) mass is 308 g/mol. The average molecular weight is 309 g/mol. The van der Waals surface area contributed by atoms with Crippen molar-refractivity contribution in [2.75, 3.05) is 0 Å². The lowest BCUT2D eigenvalue weighted by atomic mass is 10.1. The summed E-state index contributed by atoms with van der Waals surface area (Å²) < 4.78 is 0.699. The van der Waals surface area contributed by atoms with Gasteiger partial charge in [0, 0.05) is 19.7 Å².